The summed E-state index contributed by atoms with van der Waals surface area (Å²) in [4.78, 5) is 20.6. The molecule has 7 aromatic carbocycles. The van der Waals surface area contributed by atoms with E-state index in [-0.39, 0.29) is 10.5 Å². The van der Waals surface area contributed by atoms with Crippen molar-refractivity contribution in [3.8, 4) is 0 Å². The molecule has 0 saturated carbocycles. The van der Waals surface area contributed by atoms with Gasteiger partial charge in [-0.25, -0.2) is 0 Å². The molecular weight excluding hydrogens is 753 g/mol. The molecule has 0 fully saturated rings. The highest BCUT2D eigenvalue weighted by Gasteiger charge is 2.54. The number of oxime groups is 2. The molecule has 4 atom stereocenters. The molecule has 0 bridgehead atoms. The Kier molecular flexibility index (Phi) is 8.63. The van der Waals surface area contributed by atoms with Crippen molar-refractivity contribution in [2.45, 2.75) is 44.6 Å². The first-order valence-corrected chi connectivity index (χ1v) is 21.4. The molecule has 4 heterocycles. The van der Waals surface area contributed by atoms with Crippen LogP contribution in [0.15, 0.2) is 214 Å². The predicted octanol–water partition coefficient (Wildman–Crippen LogP) is 12.3. The van der Waals surface area contributed by atoms with Crippen LogP contribution in [0.5, 0.6) is 0 Å². The van der Waals surface area contributed by atoms with E-state index in [0.717, 1.165) is 45.3 Å². The van der Waals surface area contributed by atoms with Crippen LogP contribution >= 0.6 is 23.5 Å². The molecule has 0 aromatic heterocycles. The van der Waals surface area contributed by atoms with Crippen LogP contribution in [0.4, 0.5) is 11.4 Å². The average Bonchev–Trinajstić information content (AvgIpc) is 3.78. The van der Waals surface area contributed by atoms with Gasteiger partial charge in [0, 0.05) is 55.4 Å². The summed E-state index contributed by atoms with van der Waals surface area (Å²) in [6.45, 7) is 0. The summed E-state index contributed by atoms with van der Waals surface area (Å²) < 4.78 is 0. The molecule has 4 aliphatic rings. The Balaban J connectivity index is 0.984. The Morgan fingerprint density at radius 2 is 0.759 bits per heavy atom. The Morgan fingerprint density at radius 3 is 1.16 bits per heavy atom. The number of fused-ring (bicyclic) bond motifs is 6. The standard InChI is InChI=1S/C50H38N4O2S2/c1-5-17-37(18-6-1)47-51-55-49(39-21-9-3-10-22-39)33-45(57-43-27-15-13-25-41(43)53(47)49)35-29-31-36(32-30-35)46-34-50(40-23-11-4-12-24-40)54(42-26-14-16-28-44(42)58-46)48(52-56-50)38-19-7-2-8-20-38/h1-32,45-46H,33-34H2. The molecule has 282 valence electrons. The minimum Gasteiger partial charge on any atom is -0.360 e. The molecule has 0 spiro atoms. The van der Waals surface area contributed by atoms with Crippen LogP contribution in [0.2, 0.25) is 0 Å². The number of benzene rings is 7. The Morgan fingerprint density at radius 1 is 0.414 bits per heavy atom. The van der Waals surface area contributed by atoms with E-state index >= 15 is 0 Å². The van der Waals surface area contributed by atoms with Crippen molar-refractivity contribution in [3.63, 3.8) is 0 Å². The highest BCUT2D eigenvalue weighted by molar-refractivity contribution is 8.00. The van der Waals surface area contributed by atoms with E-state index < -0.39 is 11.4 Å². The Hall–Kier alpha value is -6.22. The van der Waals surface area contributed by atoms with Crippen LogP contribution in [0.25, 0.3) is 0 Å². The lowest BCUT2D eigenvalue weighted by Crippen LogP contribution is -2.47. The van der Waals surface area contributed by atoms with Crippen molar-refractivity contribution in [2.24, 2.45) is 10.3 Å². The second-order valence-corrected chi connectivity index (χ2v) is 17.4. The van der Waals surface area contributed by atoms with E-state index in [9.17, 15) is 0 Å². The number of rotatable bonds is 6. The third-order valence-electron chi connectivity index (χ3n) is 11.6. The lowest BCUT2D eigenvalue weighted by atomic mass is 9.90. The first-order valence-electron chi connectivity index (χ1n) is 19.7. The summed E-state index contributed by atoms with van der Waals surface area (Å²) >= 11 is 3.79. The van der Waals surface area contributed by atoms with E-state index in [2.05, 4.69) is 192 Å². The zero-order chi connectivity index (χ0) is 38.5. The first kappa shape index (κ1) is 35.0. The maximum Gasteiger partial charge on any atom is 0.242 e. The second-order valence-electron chi connectivity index (χ2n) is 14.9. The van der Waals surface area contributed by atoms with E-state index in [1.54, 1.807) is 0 Å². The van der Waals surface area contributed by atoms with Gasteiger partial charge in [-0.1, -0.05) is 180 Å². The van der Waals surface area contributed by atoms with Gasteiger partial charge in [-0.2, -0.15) is 0 Å². The minimum absolute atomic E-state index is 0.0689. The van der Waals surface area contributed by atoms with Crippen LogP contribution in [0.1, 0.15) is 56.7 Å². The Bertz CT molecular complexity index is 2480. The van der Waals surface area contributed by atoms with Gasteiger partial charge in [0.15, 0.2) is 11.7 Å². The molecule has 0 aliphatic carbocycles. The first-order chi connectivity index (χ1) is 28.7. The monoisotopic (exact) mass is 790 g/mol. The zero-order valence-electron chi connectivity index (χ0n) is 31.5. The normalized spacial score (nSPS) is 23.1. The number of nitrogens with zero attached hydrogens (tertiary/aromatic N) is 4. The number of para-hydroxylation sites is 2. The topological polar surface area (TPSA) is 49.7 Å². The van der Waals surface area contributed by atoms with Crippen molar-refractivity contribution in [1.82, 2.24) is 0 Å². The molecule has 8 heteroatoms. The fourth-order valence-electron chi connectivity index (χ4n) is 8.82. The summed E-state index contributed by atoms with van der Waals surface area (Å²) in [6, 6.07) is 68.5. The van der Waals surface area contributed by atoms with E-state index in [1.165, 1.54) is 20.9 Å². The molecule has 11 rings (SSSR count). The smallest absolute Gasteiger partial charge is 0.242 e. The van der Waals surface area contributed by atoms with Gasteiger partial charge < -0.3 is 9.68 Å². The summed E-state index contributed by atoms with van der Waals surface area (Å²) in [5.74, 6) is 1.63. The van der Waals surface area contributed by atoms with Gasteiger partial charge in [-0.3, -0.25) is 9.80 Å². The number of hydrogen-bond acceptors (Lipinski definition) is 8. The molecule has 0 N–H and O–H groups in total. The third kappa shape index (κ3) is 5.73. The van der Waals surface area contributed by atoms with E-state index in [0.29, 0.717) is 12.8 Å². The fraction of sp³-hybridized carbons (Fsp3) is 0.120. The van der Waals surface area contributed by atoms with Crippen LogP contribution in [0, 0.1) is 0 Å². The Labute approximate surface area is 346 Å². The molecule has 4 unspecified atom stereocenters. The van der Waals surface area contributed by atoms with Gasteiger partial charge in [0.25, 0.3) is 0 Å². The molecule has 58 heavy (non-hydrogen) atoms. The van der Waals surface area contributed by atoms with Crippen molar-refractivity contribution >= 4 is 46.6 Å². The number of anilines is 2. The number of hydrogen-bond donors (Lipinski definition) is 0. The summed E-state index contributed by atoms with van der Waals surface area (Å²) in [6.07, 6.45) is 1.36. The largest absolute Gasteiger partial charge is 0.360 e. The van der Waals surface area contributed by atoms with Gasteiger partial charge in [0.2, 0.25) is 11.4 Å². The molecule has 0 radical (unpaired) electrons. The maximum atomic E-state index is 6.75. The van der Waals surface area contributed by atoms with Gasteiger partial charge in [-0.05, 0) is 35.4 Å². The van der Waals surface area contributed by atoms with Crippen LogP contribution < -0.4 is 9.80 Å². The van der Waals surface area contributed by atoms with Gasteiger partial charge in [0.05, 0.1) is 11.4 Å². The van der Waals surface area contributed by atoms with Gasteiger partial charge in [0.1, 0.15) is 0 Å². The lowest BCUT2D eigenvalue weighted by molar-refractivity contribution is -0.0285. The van der Waals surface area contributed by atoms with E-state index in [1.807, 2.05) is 35.7 Å². The highest BCUT2D eigenvalue weighted by Crippen LogP contribution is 2.58. The minimum atomic E-state index is -0.849. The third-order valence-corrected chi connectivity index (χ3v) is 14.2. The SMILES string of the molecule is c1ccc(C2=NOC3(c4ccccc4)CC(c4ccc(C5CC6(c7ccccc7)ON=C(c7ccccc7)N6c6ccccc6S5)cc4)Sc4ccccc4N23)cc1. The fourth-order valence-corrected chi connectivity index (χ4v) is 11.5. The molecule has 6 nitrogen and oxygen atoms in total. The van der Waals surface area contributed by atoms with Crippen molar-refractivity contribution in [3.05, 3.63) is 228 Å². The number of amidine groups is 2. The highest BCUT2D eigenvalue weighted by atomic mass is 32.2. The van der Waals surface area contributed by atoms with E-state index in [4.69, 9.17) is 20.0 Å². The molecule has 0 saturated heterocycles. The predicted molar refractivity (Wildman–Crippen MR) is 235 cm³/mol. The van der Waals surface area contributed by atoms with Crippen molar-refractivity contribution in [2.75, 3.05) is 9.80 Å². The van der Waals surface area contributed by atoms with Crippen molar-refractivity contribution in [1.29, 1.82) is 0 Å². The molecule has 4 aliphatic heterocycles. The van der Waals surface area contributed by atoms with Crippen LogP contribution in [-0.2, 0) is 21.1 Å². The summed E-state index contributed by atoms with van der Waals surface area (Å²) in [5.41, 5.74) is 7.14. The second kappa shape index (κ2) is 14.3. The lowest BCUT2D eigenvalue weighted by Gasteiger charge is -2.38. The maximum absolute atomic E-state index is 6.75. The van der Waals surface area contributed by atoms with Crippen LogP contribution in [-0.4, -0.2) is 11.7 Å². The number of thioether (sulfide) groups is 2. The van der Waals surface area contributed by atoms with Gasteiger partial charge >= 0.3 is 0 Å². The van der Waals surface area contributed by atoms with Gasteiger partial charge in [-0.15, -0.1) is 23.5 Å². The molecule has 0 amide bonds. The van der Waals surface area contributed by atoms with Crippen molar-refractivity contribution < 1.29 is 9.68 Å². The zero-order valence-corrected chi connectivity index (χ0v) is 33.1. The average molecular weight is 791 g/mol. The molecular formula is C50H38N4O2S2. The summed E-state index contributed by atoms with van der Waals surface area (Å²) in [7, 11) is 0. The van der Waals surface area contributed by atoms with Crippen LogP contribution in [0.3, 0.4) is 0 Å². The quantitative estimate of drug-likeness (QED) is 0.167. The summed E-state index contributed by atoms with van der Waals surface area (Å²) in [5, 5.41) is 9.85. The molecule has 7 aromatic rings.